The summed E-state index contributed by atoms with van der Waals surface area (Å²) in [5.41, 5.74) is 3.69. The molecule has 6 rings (SSSR count). The molecule has 1 fully saturated rings. The molecule has 3 aromatic rings. The summed E-state index contributed by atoms with van der Waals surface area (Å²) in [6, 6.07) is 17.5. The van der Waals surface area contributed by atoms with Crippen LogP contribution in [0, 0.1) is 0 Å². The summed E-state index contributed by atoms with van der Waals surface area (Å²) in [5, 5.41) is 10.2. The fourth-order valence-corrected chi connectivity index (χ4v) is 5.28. The van der Waals surface area contributed by atoms with Gasteiger partial charge in [-0.25, -0.2) is 0 Å². The second-order valence-electron chi connectivity index (χ2n) is 8.42. The molecule has 1 amide bonds. The highest BCUT2D eigenvalue weighted by atomic mass is 16.7. The maximum absolute atomic E-state index is 13.6. The van der Waals surface area contributed by atoms with Gasteiger partial charge in [-0.3, -0.25) is 14.7 Å². The van der Waals surface area contributed by atoms with E-state index in [0.717, 1.165) is 16.8 Å². The fourth-order valence-electron chi connectivity index (χ4n) is 5.28. The average Bonchev–Trinajstić information content (AvgIpc) is 3.31. The third-order valence-electron chi connectivity index (χ3n) is 6.78. The monoisotopic (exact) mass is 429 g/mol. The van der Waals surface area contributed by atoms with E-state index in [-0.39, 0.29) is 37.3 Å². The minimum absolute atomic E-state index is 0.0177. The Balaban J connectivity index is 1.34. The van der Waals surface area contributed by atoms with Gasteiger partial charge in [0.2, 0.25) is 6.79 Å². The lowest BCUT2D eigenvalue weighted by atomic mass is 9.71. The van der Waals surface area contributed by atoms with Crippen molar-refractivity contribution in [2.24, 2.45) is 0 Å². The molecule has 1 aromatic heterocycles. The Morgan fingerprint density at radius 1 is 1.09 bits per heavy atom. The SMILES string of the molecule is O=C(c1ccc2c(c1)OCO2)N1C[C@@H]2[C@H](c3ccccc31)[C@H](CO)N2Cc1cccnc1. The number of carbonyl (C=O) groups is 1. The zero-order valence-electron chi connectivity index (χ0n) is 17.4. The Hall–Kier alpha value is -3.42. The Bertz CT molecular complexity index is 1170. The number of aromatic nitrogens is 1. The maximum Gasteiger partial charge on any atom is 0.258 e. The van der Waals surface area contributed by atoms with Gasteiger partial charge in [-0.2, -0.15) is 0 Å². The molecule has 0 spiro atoms. The van der Waals surface area contributed by atoms with Crippen LogP contribution in [0.1, 0.15) is 27.4 Å². The highest BCUT2D eigenvalue weighted by molar-refractivity contribution is 6.07. The van der Waals surface area contributed by atoms with E-state index in [4.69, 9.17) is 9.47 Å². The molecular weight excluding hydrogens is 406 g/mol. The third kappa shape index (κ3) is 2.97. The molecule has 1 N–H and O–H groups in total. The second-order valence-corrected chi connectivity index (χ2v) is 8.42. The zero-order chi connectivity index (χ0) is 21.7. The van der Waals surface area contributed by atoms with Crippen LogP contribution in [0.5, 0.6) is 11.5 Å². The number of amides is 1. The zero-order valence-corrected chi connectivity index (χ0v) is 17.4. The van der Waals surface area contributed by atoms with Crippen molar-refractivity contribution in [1.82, 2.24) is 9.88 Å². The summed E-state index contributed by atoms with van der Waals surface area (Å²) in [6.07, 6.45) is 3.61. The molecule has 3 aliphatic heterocycles. The molecular formula is C25H23N3O4. The number of para-hydroxylation sites is 1. The van der Waals surface area contributed by atoms with E-state index in [1.807, 2.05) is 41.4 Å². The van der Waals surface area contributed by atoms with Crippen LogP contribution in [-0.2, 0) is 6.54 Å². The molecule has 1 saturated heterocycles. The van der Waals surface area contributed by atoms with Crippen molar-refractivity contribution in [2.45, 2.75) is 24.5 Å². The molecule has 0 radical (unpaired) electrons. The first-order valence-electron chi connectivity index (χ1n) is 10.8. The molecule has 3 atom stereocenters. The molecule has 3 aliphatic rings. The van der Waals surface area contributed by atoms with Gasteiger partial charge in [0.25, 0.3) is 5.91 Å². The summed E-state index contributed by atoms with van der Waals surface area (Å²) < 4.78 is 10.9. The van der Waals surface area contributed by atoms with Crippen molar-refractivity contribution < 1.29 is 19.4 Å². The number of aliphatic hydroxyl groups excluding tert-OH is 1. The van der Waals surface area contributed by atoms with Gasteiger partial charge in [0, 0.05) is 54.7 Å². The van der Waals surface area contributed by atoms with Gasteiger partial charge in [0.15, 0.2) is 11.5 Å². The number of ether oxygens (including phenoxy) is 2. The van der Waals surface area contributed by atoms with E-state index >= 15 is 0 Å². The highest BCUT2D eigenvalue weighted by Crippen LogP contribution is 2.49. The van der Waals surface area contributed by atoms with Crippen LogP contribution >= 0.6 is 0 Å². The second kappa shape index (κ2) is 7.62. The van der Waals surface area contributed by atoms with E-state index in [1.54, 1.807) is 24.4 Å². The Morgan fingerprint density at radius 3 is 2.81 bits per heavy atom. The lowest BCUT2D eigenvalue weighted by molar-refractivity contribution is -0.0489. The summed E-state index contributed by atoms with van der Waals surface area (Å²) in [7, 11) is 0. The van der Waals surface area contributed by atoms with Crippen LogP contribution in [0.2, 0.25) is 0 Å². The summed E-state index contributed by atoms with van der Waals surface area (Å²) in [6.45, 7) is 1.50. The molecule has 32 heavy (non-hydrogen) atoms. The van der Waals surface area contributed by atoms with Gasteiger partial charge in [0.05, 0.1) is 6.61 Å². The van der Waals surface area contributed by atoms with Crippen molar-refractivity contribution in [1.29, 1.82) is 0 Å². The first-order chi connectivity index (χ1) is 15.7. The molecule has 2 aromatic carbocycles. The number of rotatable bonds is 4. The molecule has 0 saturated carbocycles. The van der Waals surface area contributed by atoms with Crippen molar-refractivity contribution >= 4 is 11.6 Å². The highest BCUT2D eigenvalue weighted by Gasteiger charge is 2.53. The number of benzene rings is 2. The van der Waals surface area contributed by atoms with Gasteiger partial charge in [-0.15, -0.1) is 0 Å². The van der Waals surface area contributed by atoms with Crippen LogP contribution in [0.3, 0.4) is 0 Å². The molecule has 0 bridgehead atoms. The van der Waals surface area contributed by atoms with Gasteiger partial charge in [-0.1, -0.05) is 24.3 Å². The van der Waals surface area contributed by atoms with Crippen LogP contribution in [0.25, 0.3) is 0 Å². The lowest BCUT2D eigenvalue weighted by Crippen LogP contribution is -2.68. The number of hydrogen-bond acceptors (Lipinski definition) is 6. The van der Waals surface area contributed by atoms with Crippen LogP contribution in [0.15, 0.2) is 67.0 Å². The van der Waals surface area contributed by atoms with Gasteiger partial charge in [0.1, 0.15) is 0 Å². The quantitative estimate of drug-likeness (QED) is 0.688. The van der Waals surface area contributed by atoms with E-state index in [2.05, 4.69) is 16.0 Å². The summed E-state index contributed by atoms with van der Waals surface area (Å²) in [4.78, 5) is 22.0. The number of hydrogen-bond donors (Lipinski definition) is 1. The number of fused-ring (bicyclic) bond motifs is 4. The maximum atomic E-state index is 13.6. The number of nitrogens with zero attached hydrogens (tertiary/aromatic N) is 3. The average molecular weight is 429 g/mol. The predicted molar refractivity (Wildman–Crippen MR) is 118 cm³/mol. The minimum atomic E-state index is -0.0667. The molecule has 162 valence electrons. The normalized spacial score (nSPS) is 23.3. The van der Waals surface area contributed by atoms with E-state index in [1.165, 1.54) is 0 Å². The number of pyridine rings is 1. The van der Waals surface area contributed by atoms with Crippen LogP contribution < -0.4 is 14.4 Å². The predicted octanol–water partition coefficient (Wildman–Crippen LogP) is 2.80. The van der Waals surface area contributed by atoms with E-state index in [0.29, 0.717) is 30.2 Å². The van der Waals surface area contributed by atoms with Crippen molar-refractivity contribution in [2.75, 3.05) is 24.8 Å². The van der Waals surface area contributed by atoms with Crippen molar-refractivity contribution in [3.05, 3.63) is 83.7 Å². The minimum Gasteiger partial charge on any atom is -0.454 e. The molecule has 4 heterocycles. The van der Waals surface area contributed by atoms with Gasteiger partial charge in [-0.05, 0) is 41.5 Å². The fraction of sp³-hybridized carbons (Fsp3) is 0.280. The number of carbonyl (C=O) groups excluding carboxylic acids is 1. The third-order valence-corrected chi connectivity index (χ3v) is 6.78. The smallest absolute Gasteiger partial charge is 0.258 e. The van der Waals surface area contributed by atoms with Crippen molar-refractivity contribution in [3.63, 3.8) is 0 Å². The first kappa shape index (κ1) is 19.3. The standard InChI is InChI=1S/C25H23N3O4/c29-14-21-24-18-5-1-2-6-19(18)28(13-20(24)27(21)12-16-4-3-9-26-11-16)25(30)17-7-8-22-23(10-17)32-15-31-22/h1-11,20-21,24,29H,12-15H2/t20-,21+,24+/m1/s1. The summed E-state index contributed by atoms with van der Waals surface area (Å²) >= 11 is 0. The van der Waals surface area contributed by atoms with Gasteiger partial charge < -0.3 is 19.5 Å². The molecule has 7 heteroatoms. The van der Waals surface area contributed by atoms with E-state index < -0.39 is 0 Å². The molecule has 7 nitrogen and oxygen atoms in total. The number of anilines is 1. The Labute approximate surface area is 185 Å². The lowest BCUT2D eigenvalue weighted by Gasteiger charge is -2.59. The largest absolute Gasteiger partial charge is 0.454 e. The number of aliphatic hydroxyl groups is 1. The summed E-state index contributed by atoms with van der Waals surface area (Å²) in [5.74, 6) is 1.38. The topological polar surface area (TPSA) is 75.1 Å². The Kier molecular flexibility index (Phi) is 4.59. The van der Waals surface area contributed by atoms with Crippen LogP contribution in [0.4, 0.5) is 5.69 Å². The Morgan fingerprint density at radius 2 is 1.97 bits per heavy atom. The first-order valence-corrected chi connectivity index (χ1v) is 10.8. The molecule has 0 unspecified atom stereocenters. The van der Waals surface area contributed by atoms with Gasteiger partial charge >= 0.3 is 0 Å². The van der Waals surface area contributed by atoms with E-state index in [9.17, 15) is 9.90 Å². The molecule has 0 aliphatic carbocycles. The van der Waals surface area contributed by atoms with Crippen molar-refractivity contribution in [3.8, 4) is 11.5 Å². The number of likely N-dealkylation sites (tertiary alicyclic amines) is 1. The van der Waals surface area contributed by atoms with Crippen LogP contribution in [-0.4, -0.2) is 52.9 Å².